The first-order chi connectivity index (χ1) is 8.27. The molecule has 3 aromatic rings. The van der Waals surface area contributed by atoms with E-state index >= 15 is 0 Å². The van der Waals surface area contributed by atoms with Crippen molar-refractivity contribution in [1.82, 2.24) is 14.5 Å². The van der Waals surface area contributed by atoms with Crippen LogP contribution in [0.25, 0.3) is 22.2 Å². The van der Waals surface area contributed by atoms with Gasteiger partial charge in [0, 0.05) is 24.1 Å². The molecule has 0 amide bonds. The average molecular weight is 225 g/mol. The molecule has 0 unspecified atom stereocenters. The number of hydrogen-bond acceptors (Lipinski definition) is 2. The molecule has 0 bridgehead atoms. The van der Waals surface area contributed by atoms with E-state index in [-0.39, 0.29) is 5.56 Å². The number of H-pyrrole nitrogens is 1. The van der Waals surface area contributed by atoms with E-state index in [9.17, 15) is 4.79 Å². The lowest BCUT2D eigenvalue weighted by atomic mass is 10.2. The number of hydrogen-bond donors (Lipinski definition) is 1. The number of nitrogens with one attached hydrogen (secondary N) is 1. The maximum Gasteiger partial charge on any atom is 0.260 e. The largest absolute Gasteiger partial charge is 0.343 e. The van der Waals surface area contributed by atoms with Gasteiger partial charge in [-0.3, -0.25) is 4.79 Å². The highest BCUT2D eigenvalue weighted by molar-refractivity contribution is 5.86. The van der Waals surface area contributed by atoms with Gasteiger partial charge in [0.25, 0.3) is 5.56 Å². The molecule has 1 N–H and O–H groups in total. The third-order valence-electron chi connectivity index (χ3n) is 2.95. The van der Waals surface area contributed by atoms with E-state index in [2.05, 4.69) is 9.97 Å². The third kappa shape index (κ3) is 1.45. The minimum absolute atomic E-state index is 0.120. The number of aryl methyl sites for hydroxylation is 1. The monoisotopic (exact) mass is 225 g/mol. The maximum atomic E-state index is 11.7. The van der Waals surface area contributed by atoms with E-state index in [1.165, 1.54) is 6.33 Å². The molecule has 2 heterocycles. The van der Waals surface area contributed by atoms with E-state index in [0.717, 1.165) is 16.6 Å². The predicted molar refractivity (Wildman–Crippen MR) is 66.8 cm³/mol. The summed E-state index contributed by atoms with van der Waals surface area (Å²) in [5, 5.41) is 1.12. The summed E-state index contributed by atoms with van der Waals surface area (Å²) >= 11 is 0. The summed E-state index contributed by atoms with van der Waals surface area (Å²) in [7, 11) is 1.95. The van der Waals surface area contributed by atoms with Crippen molar-refractivity contribution in [3.05, 3.63) is 53.2 Å². The van der Waals surface area contributed by atoms with Crippen LogP contribution in [0.3, 0.4) is 0 Å². The molecule has 0 atom stereocenters. The molecule has 0 fully saturated rings. The van der Waals surface area contributed by atoms with Crippen LogP contribution in [0.15, 0.2) is 47.7 Å². The van der Waals surface area contributed by atoms with Crippen molar-refractivity contribution < 1.29 is 0 Å². The van der Waals surface area contributed by atoms with Crippen LogP contribution in [0.1, 0.15) is 0 Å². The molecular weight excluding hydrogens is 214 g/mol. The number of nitrogens with zero attached hydrogens (tertiary/aromatic N) is 2. The van der Waals surface area contributed by atoms with Gasteiger partial charge in [-0.25, -0.2) is 4.98 Å². The number of rotatable bonds is 1. The normalized spacial score (nSPS) is 10.9. The van der Waals surface area contributed by atoms with Crippen LogP contribution in [0.4, 0.5) is 0 Å². The van der Waals surface area contributed by atoms with Crippen molar-refractivity contribution >= 4 is 10.9 Å². The van der Waals surface area contributed by atoms with Crippen molar-refractivity contribution in [3.63, 3.8) is 0 Å². The highest BCUT2D eigenvalue weighted by Crippen LogP contribution is 2.24. The Kier molecular flexibility index (Phi) is 2.08. The van der Waals surface area contributed by atoms with E-state index in [0.29, 0.717) is 5.56 Å². The molecule has 0 aliphatic rings. The Bertz CT molecular complexity index is 740. The van der Waals surface area contributed by atoms with Gasteiger partial charge in [0.15, 0.2) is 0 Å². The minimum Gasteiger partial charge on any atom is -0.343 e. The quantitative estimate of drug-likeness (QED) is 0.688. The van der Waals surface area contributed by atoms with Gasteiger partial charge in [0.05, 0.1) is 17.6 Å². The Labute approximate surface area is 97.6 Å². The molecule has 0 saturated heterocycles. The van der Waals surface area contributed by atoms with Gasteiger partial charge in [0.2, 0.25) is 0 Å². The molecular formula is C13H11N3O. The maximum absolute atomic E-state index is 11.7. The Morgan fingerprint density at radius 2 is 2.12 bits per heavy atom. The standard InChI is InChI=1S/C13H11N3O/c1-16-11-5-3-2-4-9(11)6-12(16)10-7-14-8-15-13(10)17/h2-8H,1H3,(H,14,15,17). The Morgan fingerprint density at radius 1 is 1.29 bits per heavy atom. The number of fused-ring (bicyclic) bond motifs is 1. The van der Waals surface area contributed by atoms with Gasteiger partial charge in [-0.15, -0.1) is 0 Å². The zero-order chi connectivity index (χ0) is 11.8. The fourth-order valence-corrected chi connectivity index (χ4v) is 2.07. The van der Waals surface area contributed by atoms with Gasteiger partial charge in [-0.2, -0.15) is 0 Å². The number of benzene rings is 1. The van der Waals surface area contributed by atoms with Crippen molar-refractivity contribution in [2.75, 3.05) is 0 Å². The smallest absolute Gasteiger partial charge is 0.260 e. The molecule has 0 aliphatic carbocycles. The zero-order valence-electron chi connectivity index (χ0n) is 9.34. The Balaban J connectivity index is 2.36. The zero-order valence-corrected chi connectivity index (χ0v) is 9.34. The summed E-state index contributed by atoms with van der Waals surface area (Å²) < 4.78 is 2.00. The average Bonchev–Trinajstić information content (AvgIpc) is 2.68. The second kappa shape index (κ2) is 3.59. The molecule has 3 rings (SSSR count). The highest BCUT2D eigenvalue weighted by atomic mass is 16.1. The van der Waals surface area contributed by atoms with Gasteiger partial charge in [0.1, 0.15) is 0 Å². The lowest BCUT2D eigenvalue weighted by Gasteiger charge is -2.02. The summed E-state index contributed by atoms with van der Waals surface area (Å²) in [6.45, 7) is 0. The SMILES string of the molecule is Cn1c(-c2cnc[nH]c2=O)cc2ccccc21. The van der Waals surface area contributed by atoms with Crippen LogP contribution in [0.5, 0.6) is 0 Å². The lowest BCUT2D eigenvalue weighted by molar-refractivity contribution is 0.968. The van der Waals surface area contributed by atoms with Crippen LogP contribution < -0.4 is 5.56 Å². The van der Waals surface area contributed by atoms with Crippen LogP contribution >= 0.6 is 0 Å². The third-order valence-corrected chi connectivity index (χ3v) is 2.95. The van der Waals surface area contributed by atoms with E-state index in [1.807, 2.05) is 41.9 Å². The summed E-state index contributed by atoms with van der Waals surface area (Å²) in [5.74, 6) is 0. The Morgan fingerprint density at radius 3 is 2.88 bits per heavy atom. The molecule has 0 spiro atoms. The number of aromatic nitrogens is 3. The summed E-state index contributed by atoms with van der Waals surface area (Å²) in [6.07, 6.45) is 2.99. The predicted octanol–water partition coefficient (Wildman–Crippen LogP) is 1.93. The van der Waals surface area contributed by atoms with Crippen molar-refractivity contribution in [1.29, 1.82) is 0 Å². The van der Waals surface area contributed by atoms with Crippen LogP contribution in [-0.4, -0.2) is 14.5 Å². The Hall–Kier alpha value is -2.36. The van der Waals surface area contributed by atoms with E-state index < -0.39 is 0 Å². The second-order valence-electron chi connectivity index (χ2n) is 3.94. The molecule has 1 aromatic carbocycles. The molecule has 0 saturated carbocycles. The van der Waals surface area contributed by atoms with Gasteiger partial charge in [-0.1, -0.05) is 18.2 Å². The molecule has 0 radical (unpaired) electrons. The fraction of sp³-hybridized carbons (Fsp3) is 0.0769. The van der Waals surface area contributed by atoms with E-state index in [1.54, 1.807) is 6.20 Å². The fourth-order valence-electron chi connectivity index (χ4n) is 2.07. The van der Waals surface area contributed by atoms with Crippen LogP contribution in [0, 0.1) is 0 Å². The first-order valence-electron chi connectivity index (χ1n) is 5.35. The van der Waals surface area contributed by atoms with Gasteiger partial charge < -0.3 is 9.55 Å². The minimum atomic E-state index is -0.120. The van der Waals surface area contributed by atoms with Gasteiger partial charge >= 0.3 is 0 Å². The van der Waals surface area contributed by atoms with Crippen LogP contribution in [0.2, 0.25) is 0 Å². The van der Waals surface area contributed by atoms with E-state index in [4.69, 9.17) is 0 Å². The molecule has 4 heteroatoms. The van der Waals surface area contributed by atoms with Crippen molar-refractivity contribution in [2.45, 2.75) is 0 Å². The van der Waals surface area contributed by atoms with Crippen molar-refractivity contribution in [3.8, 4) is 11.3 Å². The summed E-state index contributed by atoms with van der Waals surface area (Å²) in [5.41, 5.74) is 2.45. The summed E-state index contributed by atoms with van der Waals surface area (Å²) in [4.78, 5) is 18.3. The summed E-state index contributed by atoms with van der Waals surface area (Å²) in [6, 6.07) is 10.0. The molecule has 2 aromatic heterocycles. The van der Waals surface area contributed by atoms with Gasteiger partial charge in [-0.05, 0) is 12.1 Å². The number of para-hydroxylation sites is 1. The number of aromatic amines is 1. The highest BCUT2D eigenvalue weighted by Gasteiger charge is 2.10. The lowest BCUT2D eigenvalue weighted by Crippen LogP contribution is -2.10. The first kappa shape index (κ1) is 9.84. The molecule has 4 nitrogen and oxygen atoms in total. The van der Waals surface area contributed by atoms with Crippen molar-refractivity contribution in [2.24, 2.45) is 7.05 Å². The molecule has 17 heavy (non-hydrogen) atoms. The second-order valence-corrected chi connectivity index (χ2v) is 3.94. The molecule has 0 aliphatic heterocycles. The topological polar surface area (TPSA) is 50.7 Å². The van der Waals surface area contributed by atoms with Crippen LogP contribution in [-0.2, 0) is 7.05 Å². The molecule has 84 valence electrons. The first-order valence-corrected chi connectivity index (χ1v) is 5.35.